The van der Waals surface area contributed by atoms with Gasteiger partial charge in [-0.1, -0.05) is 18.2 Å². The van der Waals surface area contributed by atoms with E-state index in [1.165, 1.54) is 10.2 Å². The number of benzene rings is 1. The molecular weight excluding hydrogens is 478 g/mol. The average molecular weight is 506 g/mol. The van der Waals surface area contributed by atoms with Gasteiger partial charge in [0.15, 0.2) is 5.65 Å². The minimum Gasteiger partial charge on any atom is -0.466 e. The number of nitrogens with zero attached hydrogens (tertiary/aromatic N) is 5. The molecule has 0 saturated heterocycles. The molecule has 0 bridgehead atoms. The van der Waals surface area contributed by atoms with Crippen LogP contribution in [0, 0.1) is 17.2 Å². The SMILES string of the molecule is CCOC(=O)Cc1nc2cnc3c(ccn3S(=O)(=O)c3ccccc3)c2n1C1CCC(CC#N)CC1. The van der Waals surface area contributed by atoms with Gasteiger partial charge >= 0.3 is 5.97 Å². The molecule has 1 aliphatic rings. The maximum absolute atomic E-state index is 13.4. The van der Waals surface area contributed by atoms with E-state index in [1.54, 1.807) is 49.5 Å². The molecule has 0 spiro atoms. The normalized spacial score (nSPS) is 18.3. The van der Waals surface area contributed by atoms with Crippen LogP contribution in [0.4, 0.5) is 0 Å². The second-order valence-corrected chi connectivity index (χ2v) is 10.9. The van der Waals surface area contributed by atoms with Crippen LogP contribution >= 0.6 is 0 Å². The third-order valence-corrected chi connectivity index (χ3v) is 8.55. The van der Waals surface area contributed by atoms with Crippen molar-refractivity contribution >= 4 is 38.1 Å². The van der Waals surface area contributed by atoms with Gasteiger partial charge in [0.2, 0.25) is 0 Å². The molecular formula is C26H27N5O4S. The van der Waals surface area contributed by atoms with E-state index in [-0.39, 0.29) is 29.9 Å². The molecule has 4 aromatic rings. The third-order valence-electron chi connectivity index (χ3n) is 6.87. The molecule has 0 amide bonds. The average Bonchev–Trinajstić information content (AvgIpc) is 3.47. The molecule has 1 fully saturated rings. The second-order valence-electron chi connectivity index (χ2n) is 9.08. The number of hydrogen-bond acceptors (Lipinski definition) is 7. The fourth-order valence-corrected chi connectivity index (χ4v) is 6.51. The summed E-state index contributed by atoms with van der Waals surface area (Å²) in [7, 11) is -3.84. The molecule has 1 saturated carbocycles. The van der Waals surface area contributed by atoms with E-state index in [0.29, 0.717) is 34.7 Å². The third kappa shape index (κ3) is 4.24. The summed E-state index contributed by atoms with van der Waals surface area (Å²) in [5.41, 5.74) is 1.69. The highest BCUT2D eigenvalue weighted by Gasteiger charge is 2.29. The predicted octanol–water partition coefficient (Wildman–Crippen LogP) is 4.37. The van der Waals surface area contributed by atoms with Crippen LogP contribution in [0.2, 0.25) is 0 Å². The largest absolute Gasteiger partial charge is 0.466 e. The number of hydrogen-bond donors (Lipinski definition) is 0. The predicted molar refractivity (Wildman–Crippen MR) is 134 cm³/mol. The summed E-state index contributed by atoms with van der Waals surface area (Å²) >= 11 is 0. The summed E-state index contributed by atoms with van der Waals surface area (Å²) in [6.07, 6.45) is 7.17. The topological polar surface area (TPSA) is 120 Å². The first kappa shape index (κ1) is 24.0. The summed E-state index contributed by atoms with van der Waals surface area (Å²) in [5, 5.41) is 9.76. The van der Waals surface area contributed by atoms with Crippen LogP contribution in [0.5, 0.6) is 0 Å². The van der Waals surface area contributed by atoms with Crippen LogP contribution in [0.3, 0.4) is 0 Å². The van der Waals surface area contributed by atoms with E-state index >= 15 is 0 Å². The lowest BCUT2D eigenvalue weighted by Gasteiger charge is -2.29. The molecule has 1 aromatic carbocycles. The maximum Gasteiger partial charge on any atom is 0.313 e. The van der Waals surface area contributed by atoms with Crippen molar-refractivity contribution < 1.29 is 17.9 Å². The van der Waals surface area contributed by atoms with Gasteiger partial charge in [-0.25, -0.2) is 22.4 Å². The Morgan fingerprint density at radius 2 is 1.92 bits per heavy atom. The second kappa shape index (κ2) is 9.74. The first-order valence-electron chi connectivity index (χ1n) is 12.1. The Morgan fingerprint density at radius 3 is 2.61 bits per heavy atom. The summed E-state index contributed by atoms with van der Waals surface area (Å²) < 4.78 is 35.2. The lowest BCUT2D eigenvalue weighted by Crippen LogP contribution is -2.21. The van der Waals surface area contributed by atoms with Crippen LogP contribution in [0.1, 0.15) is 50.9 Å². The van der Waals surface area contributed by atoms with E-state index in [1.807, 2.05) is 0 Å². The quantitative estimate of drug-likeness (QED) is 0.342. The number of aromatic nitrogens is 4. The van der Waals surface area contributed by atoms with Crippen molar-refractivity contribution in [2.24, 2.45) is 5.92 Å². The van der Waals surface area contributed by atoms with Gasteiger partial charge in [0.05, 0.1) is 29.3 Å². The summed E-state index contributed by atoms with van der Waals surface area (Å²) in [6, 6.07) is 12.3. The molecule has 10 heteroatoms. The van der Waals surface area contributed by atoms with Crippen molar-refractivity contribution in [2.45, 2.75) is 56.4 Å². The molecule has 0 N–H and O–H groups in total. The van der Waals surface area contributed by atoms with Gasteiger partial charge in [-0.05, 0) is 56.7 Å². The van der Waals surface area contributed by atoms with Crippen molar-refractivity contribution in [3.05, 3.63) is 54.6 Å². The van der Waals surface area contributed by atoms with Crippen LogP contribution in [-0.2, 0) is 26.0 Å². The zero-order chi connectivity index (χ0) is 25.3. The number of carbonyl (C=O) groups is 1. The van der Waals surface area contributed by atoms with E-state index in [0.717, 1.165) is 31.2 Å². The number of imidazole rings is 1. The van der Waals surface area contributed by atoms with Crippen LogP contribution in [0.15, 0.2) is 53.7 Å². The number of carbonyl (C=O) groups excluding carboxylic acids is 1. The van der Waals surface area contributed by atoms with Crippen molar-refractivity contribution in [1.29, 1.82) is 5.26 Å². The number of ether oxygens (including phenoxy) is 1. The van der Waals surface area contributed by atoms with Crippen molar-refractivity contribution in [3.63, 3.8) is 0 Å². The summed E-state index contributed by atoms with van der Waals surface area (Å²) in [6.45, 7) is 2.05. The van der Waals surface area contributed by atoms with E-state index in [4.69, 9.17) is 15.0 Å². The number of nitriles is 1. The van der Waals surface area contributed by atoms with E-state index in [9.17, 15) is 13.2 Å². The van der Waals surface area contributed by atoms with Gasteiger partial charge in [0.25, 0.3) is 10.0 Å². The number of esters is 1. The van der Waals surface area contributed by atoms with Gasteiger partial charge in [0, 0.05) is 24.0 Å². The highest BCUT2D eigenvalue weighted by atomic mass is 32.2. The molecule has 5 rings (SSSR count). The van der Waals surface area contributed by atoms with Gasteiger partial charge in [-0.3, -0.25) is 4.79 Å². The molecule has 9 nitrogen and oxygen atoms in total. The fourth-order valence-electron chi connectivity index (χ4n) is 5.19. The zero-order valence-corrected chi connectivity index (χ0v) is 20.8. The summed E-state index contributed by atoms with van der Waals surface area (Å²) in [4.78, 5) is 21.8. The Balaban J connectivity index is 1.65. The van der Waals surface area contributed by atoms with E-state index in [2.05, 4.69) is 15.6 Å². The van der Waals surface area contributed by atoms with Gasteiger partial charge < -0.3 is 9.30 Å². The van der Waals surface area contributed by atoms with E-state index < -0.39 is 10.0 Å². The molecule has 3 aromatic heterocycles. The molecule has 186 valence electrons. The molecule has 0 radical (unpaired) electrons. The Kier molecular flexibility index (Phi) is 6.49. The molecule has 1 aliphatic carbocycles. The Bertz CT molecular complexity index is 1560. The minimum atomic E-state index is -3.84. The van der Waals surface area contributed by atoms with Crippen LogP contribution < -0.4 is 0 Å². The van der Waals surface area contributed by atoms with Crippen LogP contribution in [0.25, 0.3) is 22.1 Å². The van der Waals surface area contributed by atoms with Crippen molar-refractivity contribution in [2.75, 3.05) is 6.61 Å². The van der Waals surface area contributed by atoms with Gasteiger partial charge in [-0.15, -0.1) is 0 Å². The Hall–Kier alpha value is -3.71. The standard InChI is InChI=1S/C26H27N5O4S/c1-2-35-24(32)16-23-29-22-17-28-26-21(13-15-30(26)36(33,34)20-6-4-3-5-7-20)25(22)31(23)19-10-8-18(9-11-19)12-14-27/h3-7,13,15,17-19H,2,8-12,16H2,1H3. The maximum atomic E-state index is 13.4. The first-order chi connectivity index (χ1) is 17.4. The Morgan fingerprint density at radius 1 is 1.17 bits per heavy atom. The molecule has 3 heterocycles. The number of fused-ring (bicyclic) bond motifs is 3. The number of pyridine rings is 1. The first-order valence-corrected chi connectivity index (χ1v) is 13.6. The smallest absolute Gasteiger partial charge is 0.313 e. The molecule has 36 heavy (non-hydrogen) atoms. The monoisotopic (exact) mass is 505 g/mol. The van der Waals surface area contributed by atoms with Gasteiger partial charge in [-0.2, -0.15) is 5.26 Å². The lowest BCUT2D eigenvalue weighted by molar-refractivity contribution is -0.142. The molecule has 0 aliphatic heterocycles. The minimum absolute atomic E-state index is 0.0190. The zero-order valence-electron chi connectivity index (χ0n) is 20.0. The highest BCUT2D eigenvalue weighted by Crippen LogP contribution is 2.38. The highest BCUT2D eigenvalue weighted by molar-refractivity contribution is 7.90. The fraction of sp³-hybridized carbons (Fsp3) is 0.385. The molecule has 0 atom stereocenters. The molecule has 0 unspecified atom stereocenters. The van der Waals surface area contributed by atoms with Crippen molar-refractivity contribution in [1.82, 2.24) is 18.5 Å². The Labute approximate surface area is 209 Å². The number of rotatable bonds is 7. The summed E-state index contributed by atoms with van der Waals surface area (Å²) in [5.74, 6) is 0.592. The van der Waals surface area contributed by atoms with Crippen molar-refractivity contribution in [3.8, 4) is 6.07 Å². The van der Waals surface area contributed by atoms with Gasteiger partial charge in [0.1, 0.15) is 17.8 Å². The lowest BCUT2D eigenvalue weighted by atomic mass is 9.84. The van der Waals surface area contributed by atoms with Crippen LogP contribution in [-0.4, -0.2) is 39.5 Å².